The second-order valence-corrected chi connectivity index (χ2v) is 5.03. The third-order valence-corrected chi connectivity index (χ3v) is 3.88. The van der Waals surface area contributed by atoms with Gasteiger partial charge in [-0.15, -0.1) is 12.4 Å². The van der Waals surface area contributed by atoms with E-state index in [1.54, 1.807) is 12.1 Å². The second-order valence-electron chi connectivity index (χ2n) is 4.63. The SMILES string of the molecule is Cl.NCC1(C(=O)Nc2ccccc2Cl)CCCC1. The Labute approximate surface area is 118 Å². The lowest BCUT2D eigenvalue weighted by atomic mass is 9.85. The van der Waals surface area contributed by atoms with E-state index in [-0.39, 0.29) is 23.7 Å². The molecule has 1 aromatic rings. The molecule has 1 aromatic carbocycles. The first-order chi connectivity index (χ1) is 8.18. The van der Waals surface area contributed by atoms with Gasteiger partial charge in [-0.2, -0.15) is 0 Å². The molecule has 0 aromatic heterocycles. The number of nitrogens with one attached hydrogen (secondary N) is 1. The van der Waals surface area contributed by atoms with E-state index in [4.69, 9.17) is 17.3 Å². The normalized spacial score (nSPS) is 17.0. The van der Waals surface area contributed by atoms with Crippen LogP contribution in [0.4, 0.5) is 5.69 Å². The van der Waals surface area contributed by atoms with Gasteiger partial charge in [0.05, 0.1) is 16.1 Å². The lowest BCUT2D eigenvalue weighted by Crippen LogP contribution is -2.40. The number of anilines is 1. The molecule has 1 aliphatic rings. The van der Waals surface area contributed by atoms with Gasteiger partial charge in [-0.1, -0.05) is 36.6 Å². The molecule has 1 fully saturated rings. The van der Waals surface area contributed by atoms with Crippen LogP contribution in [0.2, 0.25) is 5.02 Å². The quantitative estimate of drug-likeness (QED) is 0.897. The Balaban J connectivity index is 0.00000162. The summed E-state index contributed by atoms with van der Waals surface area (Å²) in [5.74, 6) is 0.00519. The number of halogens is 2. The topological polar surface area (TPSA) is 55.1 Å². The summed E-state index contributed by atoms with van der Waals surface area (Å²) in [6.45, 7) is 0.406. The number of nitrogens with two attached hydrogens (primary N) is 1. The first-order valence-corrected chi connectivity index (χ1v) is 6.32. The molecule has 0 unspecified atom stereocenters. The van der Waals surface area contributed by atoms with Gasteiger partial charge in [0.1, 0.15) is 0 Å². The minimum Gasteiger partial charge on any atom is -0.329 e. The van der Waals surface area contributed by atoms with E-state index >= 15 is 0 Å². The Morgan fingerprint density at radius 2 is 1.94 bits per heavy atom. The molecule has 0 spiro atoms. The van der Waals surface area contributed by atoms with Crippen molar-refractivity contribution < 1.29 is 4.79 Å². The standard InChI is InChI=1S/C13H17ClN2O.ClH/c14-10-5-1-2-6-11(10)16-12(17)13(9-15)7-3-4-8-13;/h1-2,5-6H,3-4,7-9,15H2,(H,16,17);1H. The van der Waals surface area contributed by atoms with Crippen LogP contribution in [0, 0.1) is 5.41 Å². The molecule has 18 heavy (non-hydrogen) atoms. The number of para-hydroxylation sites is 1. The smallest absolute Gasteiger partial charge is 0.231 e. The van der Waals surface area contributed by atoms with Crippen LogP contribution in [0.1, 0.15) is 25.7 Å². The monoisotopic (exact) mass is 288 g/mol. The highest BCUT2D eigenvalue weighted by Crippen LogP contribution is 2.38. The van der Waals surface area contributed by atoms with E-state index < -0.39 is 0 Å². The summed E-state index contributed by atoms with van der Waals surface area (Å²) < 4.78 is 0. The van der Waals surface area contributed by atoms with Crippen LogP contribution < -0.4 is 11.1 Å². The minimum atomic E-state index is -0.390. The number of rotatable bonds is 3. The molecule has 0 bridgehead atoms. The summed E-state index contributed by atoms with van der Waals surface area (Å²) in [7, 11) is 0. The molecule has 0 heterocycles. The number of hydrogen-bond donors (Lipinski definition) is 2. The molecule has 5 heteroatoms. The number of carbonyl (C=O) groups is 1. The van der Waals surface area contributed by atoms with Crippen molar-refractivity contribution in [2.24, 2.45) is 11.1 Å². The molecular weight excluding hydrogens is 271 g/mol. The zero-order valence-corrected chi connectivity index (χ0v) is 11.7. The summed E-state index contributed by atoms with van der Waals surface area (Å²) in [5.41, 5.74) is 6.04. The van der Waals surface area contributed by atoms with Crippen molar-refractivity contribution in [3.8, 4) is 0 Å². The molecule has 1 saturated carbocycles. The molecule has 0 radical (unpaired) electrons. The summed E-state index contributed by atoms with van der Waals surface area (Å²) >= 11 is 6.02. The largest absolute Gasteiger partial charge is 0.329 e. The third-order valence-electron chi connectivity index (χ3n) is 3.56. The van der Waals surface area contributed by atoms with Crippen molar-refractivity contribution in [2.75, 3.05) is 11.9 Å². The molecule has 3 N–H and O–H groups in total. The van der Waals surface area contributed by atoms with Crippen LogP contribution in [0.15, 0.2) is 24.3 Å². The molecule has 1 amide bonds. The van der Waals surface area contributed by atoms with Crippen LogP contribution in [-0.2, 0) is 4.79 Å². The van der Waals surface area contributed by atoms with Crippen molar-refractivity contribution in [1.29, 1.82) is 0 Å². The van der Waals surface area contributed by atoms with Crippen molar-refractivity contribution in [3.63, 3.8) is 0 Å². The van der Waals surface area contributed by atoms with Crippen LogP contribution in [0.25, 0.3) is 0 Å². The summed E-state index contributed by atoms with van der Waals surface area (Å²) in [4.78, 5) is 12.3. The maximum Gasteiger partial charge on any atom is 0.231 e. The van der Waals surface area contributed by atoms with Gasteiger partial charge in [-0.25, -0.2) is 0 Å². The summed E-state index contributed by atoms with van der Waals surface area (Å²) in [6, 6.07) is 7.26. The molecule has 0 saturated heterocycles. The molecule has 0 atom stereocenters. The minimum absolute atomic E-state index is 0. The fraction of sp³-hybridized carbons (Fsp3) is 0.462. The van der Waals surface area contributed by atoms with Gasteiger partial charge >= 0.3 is 0 Å². The van der Waals surface area contributed by atoms with Gasteiger partial charge in [-0.3, -0.25) is 4.79 Å². The first kappa shape index (κ1) is 15.3. The highest BCUT2D eigenvalue weighted by molar-refractivity contribution is 6.33. The number of amides is 1. The lowest BCUT2D eigenvalue weighted by molar-refractivity contribution is -0.124. The van der Waals surface area contributed by atoms with Crippen molar-refractivity contribution in [2.45, 2.75) is 25.7 Å². The Bertz CT molecular complexity index is 417. The van der Waals surface area contributed by atoms with E-state index in [2.05, 4.69) is 5.32 Å². The summed E-state index contributed by atoms with van der Waals surface area (Å²) in [6.07, 6.45) is 3.90. The van der Waals surface area contributed by atoms with Gasteiger partial charge in [0.2, 0.25) is 5.91 Å². The van der Waals surface area contributed by atoms with Gasteiger partial charge in [-0.05, 0) is 25.0 Å². The maximum atomic E-state index is 12.3. The summed E-state index contributed by atoms with van der Waals surface area (Å²) in [5, 5.41) is 3.45. The van der Waals surface area contributed by atoms with E-state index in [1.165, 1.54) is 0 Å². The predicted octanol–water partition coefficient (Wildman–Crippen LogP) is 3.22. The molecule has 0 aliphatic heterocycles. The van der Waals surface area contributed by atoms with E-state index in [1.807, 2.05) is 12.1 Å². The number of benzene rings is 1. The van der Waals surface area contributed by atoms with Gasteiger partial charge in [0.25, 0.3) is 0 Å². The van der Waals surface area contributed by atoms with Crippen LogP contribution in [0.5, 0.6) is 0 Å². The predicted molar refractivity (Wildman–Crippen MR) is 77.3 cm³/mol. The highest BCUT2D eigenvalue weighted by Gasteiger charge is 2.39. The van der Waals surface area contributed by atoms with Gasteiger partial charge < -0.3 is 11.1 Å². The van der Waals surface area contributed by atoms with Crippen molar-refractivity contribution in [1.82, 2.24) is 0 Å². The van der Waals surface area contributed by atoms with Crippen LogP contribution in [0.3, 0.4) is 0 Å². The second kappa shape index (κ2) is 6.41. The van der Waals surface area contributed by atoms with Crippen LogP contribution in [-0.4, -0.2) is 12.5 Å². The van der Waals surface area contributed by atoms with Crippen molar-refractivity contribution >= 4 is 35.6 Å². The van der Waals surface area contributed by atoms with E-state index in [9.17, 15) is 4.79 Å². The maximum absolute atomic E-state index is 12.3. The van der Waals surface area contributed by atoms with E-state index in [0.29, 0.717) is 17.3 Å². The average Bonchev–Trinajstić information content (AvgIpc) is 2.82. The molecule has 3 nitrogen and oxygen atoms in total. The molecule has 1 aliphatic carbocycles. The highest BCUT2D eigenvalue weighted by atomic mass is 35.5. The van der Waals surface area contributed by atoms with Crippen molar-refractivity contribution in [3.05, 3.63) is 29.3 Å². The fourth-order valence-corrected chi connectivity index (χ4v) is 2.58. The lowest BCUT2D eigenvalue weighted by Gasteiger charge is -2.25. The molecule has 100 valence electrons. The first-order valence-electron chi connectivity index (χ1n) is 5.94. The van der Waals surface area contributed by atoms with E-state index in [0.717, 1.165) is 25.7 Å². The molecular formula is C13H18Cl2N2O. The average molecular weight is 289 g/mol. The fourth-order valence-electron chi connectivity index (χ4n) is 2.39. The van der Waals surface area contributed by atoms with Gasteiger partial charge in [0, 0.05) is 6.54 Å². The Hall–Kier alpha value is -0.770. The zero-order chi connectivity index (χ0) is 12.3. The van der Waals surface area contributed by atoms with Gasteiger partial charge in [0.15, 0.2) is 0 Å². The zero-order valence-electron chi connectivity index (χ0n) is 10.1. The number of carbonyl (C=O) groups excluding carboxylic acids is 1. The Morgan fingerprint density at radius 3 is 2.50 bits per heavy atom. The van der Waals surface area contributed by atoms with Crippen LogP contribution >= 0.6 is 24.0 Å². The molecule has 2 rings (SSSR count). The Morgan fingerprint density at radius 1 is 1.33 bits per heavy atom. The third kappa shape index (κ3) is 2.97. The number of hydrogen-bond acceptors (Lipinski definition) is 2. The Kier molecular flexibility index (Phi) is 5.45.